The lowest BCUT2D eigenvalue weighted by molar-refractivity contribution is -0.101. The zero-order valence-corrected chi connectivity index (χ0v) is 13.4. The molecule has 0 rings (SSSR count). The summed E-state index contributed by atoms with van der Waals surface area (Å²) in [5.41, 5.74) is 0. The molecule has 0 aliphatic heterocycles. The van der Waals surface area contributed by atoms with Crippen LogP contribution in [0.25, 0.3) is 0 Å². The molecule has 0 radical (unpaired) electrons. The van der Waals surface area contributed by atoms with Crippen LogP contribution in [0.2, 0.25) is 0 Å². The fourth-order valence-electron chi connectivity index (χ4n) is 2.16. The molecule has 0 aromatic carbocycles. The van der Waals surface area contributed by atoms with E-state index in [0.717, 1.165) is 6.42 Å². The molecule has 20 heavy (non-hydrogen) atoms. The maximum atomic E-state index is 8.70. The topological polar surface area (TPSA) is 47.9 Å². The molecule has 0 aromatic rings. The van der Waals surface area contributed by atoms with Crippen LogP contribution in [0.1, 0.15) is 64.7 Å². The van der Waals surface area contributed by atoms with Crippen molar-refractivity contribution >= 4 is 0 Å². The quantitative estimate of drug-likeness (QED) is 0.349. The summed E-state index contributed by atoms with van der Waals surface area (Å²) in [6.07, 6.45) is 11.6. The second-order valence-electron chi connectivity index (χ2n) is 5.26. The molecule has 0 spiro atoms. The largest absolute Gasteiger partial charge is 0.394 e. The van der Waals surface area contributed by atoms with E-state index in [0.29, 0.717) is 20.0 Å². The van der Waals surface area contributed by atoms with Gasteiger partial charge in [-0.15, -0.1) is 0 Å². The minimum atomic E-state index is 0.0642. The van der Waals surface area contributed by atoms with Gasteiger partial charge in [0.05, 0.1) is 25.9 Å². The molecule has 0 aliphatic carbocycles. The van der Waals surface area contributed by atoms with Gasteiger partial charge in [0.25, 0.3) is 0 Å². The monoisotopic (exact) mass is 290 g/mol. The Morgan fingerprint density at radius 2 is 1.60 bits per heavy atom. The minimum Gasteiger partial charge on any atom is -0.394 e. The van der Waals surface area contributed by atoms with Crippen LogP contribution in [0.5, 0.6) is 0 Å². The Balaban J connectivity index is 3.46. The van der Waals surface area contributed by atoms with Gasteiger partial charge in [-0.2, -0.15) is 0 Å². The molecule has 122 valence electrons. The molecule has 4 heteroatoms. The first-order valence-corrected chi connectivity index (χ1v) is 8.14. The van der Waals surface area contributed by atoms with Gasteiger partial charge in [-0.25, -0.2) is 0 Å². The second kappa shape index (κ2) is 16.9. The van der Waals surface area contributed by atoms with Crippen LogP contribution in [0.4, 0.5) is 0 Å². The fraction of sp³-hybridized carbons (Fsp3) is 1.00. The molecule has 0 bridgehead atoms. The van der Waals surface area contributed by atoms with E-state index in [1.54, 1.807) is 7.11 Å². The van der Waals surface area contributed by atoms with Crippen molar-refractivity contribution in [2.75, 3.05) is 33.7 Å². The highest BCUT2D eigenvalue weighted by Crippen LogP contribution is 2.12. The molecular formula is C16H34O4. The SMILES string of the molecule is CCCCCCCCCC[C@@H](COCCO)OCOC. The predicted molar refractivity (Wildman–Crippen MR) is 81.9 cm³/mol. The van der Waals surface area contributed by atoms with E-state index in [-0.39, 0.29) is 12.7 Å². The van der Waals surface area contributed by atoms with Crippen molar-refractivity contribution in [3.8, 4) is 0 Å². The average Bonchev–Trinajstić information content (AvgIpc) is 2.47. The summed E-state index contributed by atoms with van der Waals surface area (Å²) in [6.45, 7) is 3.54. The van der Waals surface area contributed by atoms with Crippen molar-refractivity contribution in [3.63, 3.8) is 0 Å². The third-order valence-corrected chi connectivity index (χ3v) is 3.34. The van der Waals surface area contributed by atoms with Crippen LogP contribution in [0.15, 0.2) is 0 Å². The van der Waals surface area contributed by atoms with Gasteiger partial charge in [0.2, 0.25) is 0 Å². The average molecular weight is 290 g/mol. The van der Waals surface area contributed by atoms with Crippen LogP contribution in [-0.4, -0.2) is 44.9 Å². The number of methoxy groups -OCH3 is 1. The first-order valence-electron chi connectivity index (χ1n) is 8.14. The van der Waals surface area contributed by atoms with Gasteiger partial charge in [-0.05, 0) is 6.42 Å². The van der Waals surface area contributed by atoms with Gasteiger partial charge in [0.15, 0.2) is 0 Å². The van der Waals surface area contributed by atoms with Crippen molar-refractivity contribution in [2.24, 2.45) is 0 Å². The first kappa shape index (κ1) is 19.8. The zero-order chi connectivity index (χ0) is 14.9. The van der Waals surface area contributed by atoms with E-state index >= 15 is 0 Å². The predicted octanol–water partition coefficient (Wildman–Crippen LogP) is 3.52. The Labute approximate surface area is 124 Å². The number of hydrogen-bond acceptors (Lipinski definition) is 4. The Bertz CT molecular complexity index is 176. The summed E-state index contributed by atoms with van der Waals surface area (Å²) < 4.78 is 15.8. The van der Waals surface area contributed by atoms with Crippen molar-refractivity contribution in [3.05, 3.63) is 0 Å². The third kappa shape index (κ3) is 14.3. The van der Waals surface area contributed by atoms with Gasteiger partial charge in [0.1, 0.15) is 6.79 Å². The van der Waals surface area contributed by atoms with E-state index in [9.17, 15) is 0 Å². The molecule has 0 unspecified atom stereocenters. The fourth-order valence-corrected chi connectivity index (χ4v) is 2.16. The van der Waals surface area contributed by atoms with E-state index in [1.807, 2.05) is 0 Å². The van der Waals surface area contributed by atoms with Crippen molar-refractivity contribution in [2.45, 2.75) is 70.8 Å². The molecule has 0 fully saturated rings. The molecule has 1 N–H and O–H groups in total. The minimum absolute atomic E-state index is 0.0642. The third-order valence-electron chi connectivity index (χ3n) is 3.34. The molecule has 0 saturated carbocycles. The van der Waals surface area contributed by atoms with Gasteiger partial charge in [-0.3, -0.25) is 0 Å². The summed E-state index contributed by atoms with van der Waals surface area (Å²) in [6, 6.07) is 0. The normalized spacial score (nSPS) is 12.8. The lowest BCUT2D eigenvalue weighted by Crippen LogP contribution is -2.22. The van der Waals surface area contributed by atoms with Gasteiger partial charge in [0, 0.05) is 7.11 Å². The number of aliphatic hydroxyl groups excluding tert-OH is 1. The van der Waals surface area contributed by atoms with Crippen LogP contribution < -0.4 is 0 Å². The number of hydrogen-bond donors (Lipinski definition) is 1. The maximum Gasteiger partial charge on any atom is 0.146 e. The van der Waals surface area contributed by atoms with Crippen LogP contribution in [0.3, 0.4) is 0 Å². The Morgan fingerprint density at radius 3 is 2.20 bits per heavy atom. The number of aliphatic hydroxyl groups is 1. The lowest BCUT2D eigenvalue weighted by atomic mass is 10.1. The van der Waals surface area contributed by atoms with E-state index < -0.39 is 0 Å². The van der Waals surface area contributed by atoms with Crippen LogP contribution in [-0.2, 0) is 14.2 Å². The van der Waals surface area contributed by atoms with Crippen molar-refractivity contribution in [1.29, 1.82) is 0 Å². The molecule has 0 heterocycles. The molecule has 0 aliphatic rings. The summed E-state index contributed by atoms with van der Waals surface area (Å²) in [5.74, 6) is 0. The Hall–Kier alpha value is -0.160. The summed E-state index contributed by atoms with van der Waals surface area (Å²) >= 11 is 0. The van der Waals surface area contributed by atoms with Gasteiger partial charge in [-0.1, -0.05) is 58.3 Å². The highest BCUT2D eigenvalue weighted by atomic mass is 16.7. The first-order chi connectivity index (χ1) is 9.85. The van der Waals surface area contributed by atoms with Crippen molar-refractivity contribution in [1.82, 2.24) is 0 Å². The number of ether oxygens (including phenoxy) is 3. The highest BCUT2D eigenvalue weighted by Gasteiger charge is 2.09. The summed E-state index contributed by atoms with van der Waals surface area (Å²) in [5, 5.41) is 8.70. The smallest absolute Gasteiger partial charge is 0.146 e. The summed E-state index contributed by atoms with van der Waals surface area (Å²) in [7, 11) is 1.63. The molecule has 4 nitrogen and oxygen atoms in total. The standard InChI is InChI=1S/C16H34O4/c1-3-4-5-6-7-8-9-10-11-16(20-15-18-2)14-19-13-12-17/h16-17H,3-15H2,1-2H3/t16-/m0/s1. The lowest BCUT2D eigenvalue weighted by Gasteiger charge is -2.17. The molecule has 0 amide bonds. The van der Waals surface area contributed by atoms with E-state index in [4.69, 9.17) is 19.3 Å². The van der Waals surface area contributed by atoms with Crippen LogP contribution >= 0.6 is 0 Å². The number of rotatable bonds is 16. The second-order valence-corrected chi connectivity index (χ2v) is 5.26. The van der Waals surface area contributed by atoms with Crippen molar-refractivity contribution < 1.29 is 19.3 Å². The maximum absolute atomic E-state index is 8.70. The Morgan fingerprint density at radius 1 is 0.950 bits per heavy atom. The Kier molecular flexibility index (Phi) is 16.8. The molecule has 0 aromatic heterocycles. The zero-order valence-electron chi connectivity index (χ0n) is 13.4. The highest BCUT2D eigenvalue weighted by molar-refractivity contribution is 4.57. The van der Waals surface area contributed by atoms with E-state index in [1.165, 1.54) is 51.4 Å². The summed E-state index contributed by atoms with van der Waals surface area (Å²) in [4.78, 5) is 0. The van der Waals surface area contributed by atoms with Gasteiger partial charge >= 0.3 is 0 Å². The van der Waals surface area contributed by atoms with E-state index in [2.05, 4.69) is 6.92 Å². The molecular weight excluding hydrogens is 256 g/mol. The van der Waals surface area contributed by atoms with Crippen LogP contribution in [0, 0.1) is 0 Å². The molecule has 0 saturated heterocycles. The molecule has 1 atom stereocenters. The number of unbranched alkanes of at least 4 members (excludes halogenated alkanes) is 7. The van der Waals surface area contributed by atoms with Gasteiger partial charge < -0.3 is 19.3 Å².